The van der Waals surface area contributed by atoms with Gasteiger partial charge in [-0.2, -0.15) is 0 Å². The number of hydrogen-bond acceptors (Lipinski definition) is 4. The Hall–Kier alpha value is -5.24. The molecule has 39 heavy (non-hydrogen) atoms. The number of fused-ring (bicyclic) bond motifs is 10. The first-order valence-corrected chi connectivity index (χ1v) is 13.0. The summed E-state index contributed by atoms with van der Waals surface area (Å²) in [6.07, 6.45) is 0.587. The van der Waals surface area contributed by atoms with Crippen molar-refractivity contribution in [2.24, 2.45) is 0 Å². The molecule has 0 unspecified atom stereocenters. The van der Waals surface area contributed by atoms with Gasteiger partial charge in [0.1, 0.15) is 0 Å². The van der Waals surface area contributed by atoms with Gasteiger partial charge in [0.15, 0.2) is 11.3 Å². The monoisotopic (exact) mass is 510 g/mol. The largest absolute Gasteiger partial charge is 0.334 e. The molecule has 0 fully saturated rings. The maximum Gasteiger partial charge on any atom is 0.334 e. The van der Waals surface area contributed by atoms with Crippen molar-refractivity contribution in [3.8, 4) is 0 Å². The summed E-state index contributed by atoms with van der Waals surface area (Å²) in [5.41, 5.74) is 5.87. The summed E-state index contributed by atoms with van der Waals surface area (Å²) in [5, 5.41) is 1.84. The van der Waals surface area contributed by atoms with Crippen molar-refractivity contribution in [2.75, 3.05) is 0 Å². The van der Waals surface area contributed by atoms with Gasteiger partial charge in [-0.1, -0.05) is 48.5 Å². The summed E-state index contributed by atoms with van der Waals surface area (Å²) in [6.45, 7) is 0.899. The lowest BCUT2D eigenvalue weighted by molar-refractivity contribution is 0.549. The molecule has 0 aliphatic carbocycles. The highest BCUT2D eigenvalue weighted by Crippen LogP contribution is 2.24. The topological polar surface area (TPSA) is 78.6 Å². The van der Waals surface area contributed by atoms with Gasteiger partial charge in [-0.15, -0.1) is 0 Å². The lowest BCUT2D eigenvalue weighted by Crippen LogP contribution is -2.30. The van der Waals surface area contributed by atoms with Gasteiger partial charge in [0.25, 0.3) is 0 Å². The average Bonchev–Trinajstić information content (AvgIpc) is 3.56. The van der Waals surface area contributed by atoms with Gasteiger partial charge in [-0.3, -0.25) is 9.13 Å². The highest BCUT2D eigenvalue weighted by Gasteiger charge is 2.17. The lowest BCUT2D eigenvalue weighted by Gasteiger charge is -2.14. The van der Waals surface area contributed by atoms with Gasteiger partial charge < -0.3 is 0 Å². The van der Waals surface area contributed by atoms with Crippen LogP contribution in [0.3, 0.4) is 0 Å². The zero-order valence-corrected chi connectivity index (χ0v) is 20.9. The van der Waals surface area contributed by atoms with E-state index in [-0.39, 0.29) is 11.4 Å². The number of nitrogens with zero attached hydrogens (tertiary/aromatic N) is 6. The Kier molecular flexibility index (Phi) is 4.55. The fourth-order valence-electron chi connectivity index (χ4n) is 5.86. The van der Waals surface area contributed by atoms with Crippen LogP contribution in [0.2, 0.25) is 0 Å². The van der Waals surface area contributed by atoms with E-state index in [2.05, 4.69) is 0 Å². The van der Waals surface area contributed by atoms with Gasteiger partial charge in [0.05, 0.1) is 33.1 Å². The molecular weight excluding hydrogens is 488 g/mol. The Morgan fingerprint density at radius 2 is 0.872 bits per heavy atom. The Bertz CT molecular complexity index is 2210. The summed E-state index contributed by atoms with van der Waals surface area (Å²) < 4.78 is 7.00. The lowest BCUT2D eigenvalue weighted by atomic mass is 10.2. The summed E-state index contributed by atoms with van der Waals surface area (Å²) >= 11 is 0. The van der Waals surface area contributed by atoms with Crippen molar-refractivity contribution in [3.05, 3.63) is 118 Å². The maximum absolute atomic E-state index is 13.8. The number of aromatic nitrogens is 6. The van der Waals surface area contributed by atoms with Crippen LogP contribution in [0.4, 0.5) is 0 Å². The fourth-order valence-corrected chi connectivity index (χ4v) is 5.86. The maximum atomic E-state index is 13.8. The number of imidazole rings is 2. The van der Waals surface area contributed by atoms with E-state index in [0.29, 0.717) is 30.8 Å². The second kappa shape index (κ2) is 8.13. The molecule has 8 rings (SSSR count). The minimum atomic E-state index is -0.134. The van der Waals surface area contributed by atoms with E-state index < -0.39 is 0 Å². The SMILES string of the molecule is O=c1n(CCCn2c(=O)n3c4ccccc4nc3c3ccccc32)c2ccccc2c2nc3ccccc3n12. The Balaban J connectivity index is 1.28. The Morgan fingerprint density at radius 3 is 1.33 bits per heavy atom. The molecular formula is C31H22N6O2. The van der Waals surface area contributed by atoms with Crippen molar-refractivity contribution in [1.82, 2.24) is 27.9 Å². The molecule has 4 aromatic carbocycles. The summed E-state index contributed by atoms with van der Waals surface area (Å²) in [4.78, 5) is 37.2. The van der Waals surface area contributed by atoms with E-state index in [1.165, 1.54) is 0 Å². The standard InChI is InChI=1S/C31H22N6O2/c38-30-34(24-14-5-1-10-20(24)28-32-22-12-3-7-16-26(22)36(28)30)18-9-19-35-25-15-6-2-11-21(25)29-33-23-13-4-8-17-27(23)37(29)31(35)39/h1-8,10-17H,9,18-19H2. The van der Waals surface area contributed by atoms with E-state index in [4.69, 9.17) is 9.97 Å². The minimum Gasteiger partial charge on any atom is -0.293 e. The molecule has 0 saturated heterocycles. The number of para-hydroxylation sites is 6. The highest BCUT2D eigenvalue weighted by molar-refractivity contribution is 5.97. The Morgan fingerprint density at radius 1 is 0.487 bits per heavy atom. The quantitative estimate of drug-likeness (QED) is 0.334. The number of aryl methyl sites for hydroxylation is 2. The van der Waals surface area contributed by atoms with Gasteiger partial charge >= 0.3 is 11.4 Å². The fraction of sp³-hybridized carbons (Fsp3) is 0.0968. The van der Waals surface area contributed by atoms with Crippen LogP contribution in [0.1, 0.15) is 6.42 Å². The van der Waals surface area contributed by atoms with E-state index in [1.807, 2.05) is 97.1 Å². The summed E-state index contributed by atoms with van der Waals surface area (Å²) in [5.74, 6) is 0. The van der Waals surface area contributed by atoms with Crippen molar-refractivity contribution < 1.29 is 0 Å². The first-order chi connectivity index (χ1) is 19.2. The van der Waals surface area contributed by atoms with Crippen LogP contribution in [0.5, 0.6) is 0 Å². The van der Waals surface area contributed by atoms with Crippen LogP contribution in [0, 0.1) is 0 Å². The molecule has 188 valence electrons. The molecule has 0 radical (unpaired) electrons. The van der Waals surface area contributed by atoms with E-state index in [1.54, 1.807) is 17.9 Å². The Labute approximate surface area is 220 Å². The third-order valence-corrected chi connectivity index (χ3v) is 7.60. The number of hydrogen-bond donors (Lipinski definition) is 0. The first-order valence-electron chi connectivity index (χ1n) is 13.0. The third-order valence-electron chi connectivity index (χ3n) is 7.60. The molecule has 0 bridgehead atoms. The van der Waals surface area contributed by atoms with E-state index >= 15 is 0 Å². The molecule has 4 aromatic heterocycles. The van der Waals surface area contributed by atoms with Crippen molar-refractivity contribution in [1.29, 1.82) is 0 Å². The molecule has 0 N–H and O–H groups in total. The van der Waals surface area contributed by atoms with Crippen LogP contribution in [-0.2, 0) is 13.1 Å². The third kappa shape index (κ3) is 3.05. The average molecular weight is 511 g/mol. The normalized spacial score (nSPS) is 12.1. The molecule has 8 heteroatoms. The number of rotatable bonds is 4. The molecule has 0 aliphatic heterocycles. The van der Waals surface area contributed by atoms with Crippen LogP contribution in [-0.4, -0.2) is 27.9 Å². The molecule has 4 heterocycles. The molecule has 0 atom stereocenters. The zero-order valence-electron chi connectivity index (χ0n) is 20.9. The van der Waals surface area contributed by atoms with Crippen LogP contribution < -0.4 is 11.4 Å². The van der Waals surface area contributed by atoms with Crippen molar-refractivity contribution >= 4 is 55.2 Å². The van der Waals surface area contributed by atoms with E-state index in [9.17, 15) is 9.59 Å². The van der Waals surface area contributed by atoms with Gasteiger partial charge in [0, 0.05) is 23.9 Å². The second-order valence-electron chi connectivity index (χ2n) is 9.78. The van der Waals surface area contributed by atoms with Gasteiger partial charge in [-0.05, 0) is 55.0 Å². The smallest absolute Gasteiger partial charge is 0.293 e. The molecule has 0 aliphatic rings. The summed E-state index contributed by atoms with van der Waals surface area (Å²) in [7, 11) is 0. The van der Waals surface area contributed by atoms with Gasteiger partial charge in [0.2, 0.25) is 0 Å². The molecule has 0 spiro atoms. The zero-order chi connectivity index (χ0) is 26.1. The predicted molar refractivity (Wildman–Crippen MR) is 154 cm³/mol. The molecule has 8 aromatic rings. The minimum absolute atomic E-state index is 0.134. The van der Waals surface area contributed by atoms with Crippen molar-refractivity contribution in [3.63, 3.8) is 0 Å². The van der Waals surface area contributed by atoms with Crippen molar-refractivity contribution in [2.45, 2.75) is 19.5 Å². The van der Waals surface area contributed by atoms with Gasteiger partial charge in [-0.25, -0.2) is 28.4 Å². The molecule has 8 nitrogen and oxygen atoms in total. The molecule has 0 amide bonds. The first kappa shape index (κ1) is 21.8. The van der Waals surface area contributed by atoms with Crippen LogP contribution >= 0.6 is 0 Å². The van der Waals surface area contributed by atoms with E-state index in [0.717, 1.165) is 43.9 Å². The van der Waals surface area contributed by atoms with Crippen LogP contribution in [0.25, 0.3) is 55.2 Å². The van der Waals surface area contributed by atoms with Crippen LogP contribution in [0.15, 0.2) is 107 Å². The molecule has 0 saturated carbocycles. The predicted octanol–water partition coefficient (Wildman–Crippen LogP) is 5.01. The second-order valence-corrected chi connectivity index (χ2v) is 9.78. The summed E-state index contributed by atoms with van der Waals surface area (Å²) in [6, 6.07) is 31.1. The highest BCUT2D eigenvalue weighted by atomic mass is 16.2. The number of benzene rings is 4.